The number of esters is 1. The van der Waals surface area contributed by atoms with Gasteiger partial charge in [0.05, 0.1) is 29.9 Å². The normalized spacial score (nSPS) is 13.4. The average Bonchev–Trinajstić information content (AvgIpc) is 3.46. The van der Waals surface area contributed by atoms with Gasteiger partial charge in [0.25, 0.3) is 0 Å². The van der Waals surface area contributed by atoms with Crippen molar-refractivity contribution in [3.8, 4) is 11.4 Å². The van der Waals surface area contributed by atoms with Gasteiger partial charge in [0.15, 0.2) is 5.75 Å². The lowest BCUT2D eigenvalue weighted by atomic mass is 10.1. The van der Waals surface area contributed by atoms with Gasteiger partial charge in [-0.2, -0.15) is 5.10 Å². The predicted octanol–water partition coefficient (Wildman–Crippen LogP) is 2.48. The molecule has 3 aromatic rings. The van der Waals surface area contributed by atoms with E-state index >= 15 is 0 Å². The minimum Gasteiger partial charge on any atom is -0.462 e. The van der Waals surface area contributed by atoms with Crippen LogP contribution in [0.2, 0.25) is 0 Å². The van der Waals surface area contributed by atoms with E-state index in [0.717, 1.165) is 23.6 Å². The van der Waals surface area contributed by atoms with Crippen LogP contribution in [0.1, 0.15) is 36.2 Å². The zero-order valence-corrected chi connectivity index (χ0v) is 15.8. The standard InChI is InChI=1S/C19H17FN4O6/c1-2-29-18(26)11-7-22-24(17(11)21)14-6-13-10(5-12(14)20)16(25)15(30-19(27)28)8-23(13)9-3-4-9/h5-9H,2-4,21H2,1H3,(H,27,28). The highest BCUT2D eigenvalue weighted by molar-refractivity contribution is 5.94. The number of nitrogens with zero attached hydrogens (tertiary/aromatic N) is 3. The monoisotopic (exact) mass is 416 g/mol. The van der Waals surface area contributed by atoms with Gasteiger partial charge in [-0.25, -0.2) is 18.7 Å². The van der Waals surface area contributed by atoms with E-state index < -0.39 is 29.1 Å². The highest BCUT2D eigenvalue weighted by atomic mass is 19.1. The lowest BCUT2D eigenvalue weighted by Gasteiger charge is -2.14. The van der Waals surface area contributed by atoms with Gasteiger partial charge in [-0.15, -0.1) is 0 Å². The highest BCUT2D eigenvalue weighted by Gasteiger charge is 2.28. The molecule has 11 heteroatoms. The van der Waals surface area contributed by atoms with Crippen molar-refractivity contribution in [2.75, 3.05) is 12.3 Å². The molecule has 10 nitrogen and oxygen atoms in total. The fraction of sp³-hybridized carbons (Fsp3) is 0.263. The second-order valence-electron chi connectivity index (χ2n) is 6.73. The van der Waals surface area contributed by atoms with Crippen molar-refractivity contribution in [1.82, 2.24) is 14.3 Å². The number of carbonyl (C=O) groups excluding carboxylic acids is 1. The smallest absolute Gasteiger partial charge is 0.462 e. The number of halogens is 1. The molecule has 3 N–H and O–H groups in total. The van der Waals surface area contributed by atoms with Crippen molar-refractivity contribution in [2.24, 2.45) is 0 Å². The fourth-order valence-electron chi connectivity index (χ4n) is 3.23. The Morgan fingerprint density at radius 1 is 1.37 bits per heavy atom. The number of nitrogen functional groups attached to an aromatic ring is 1. The van der Waals surface area contributed by atoms with Gasteiger partial charge < -0.3 is 24.9 Å². The van der Waals surface area contributed by atoms with E-state index in [-0.39, 0.29) is 35.1 Å². The molecule has 0 atom stereocenters. The second-order valence-corrected chi connectivity index (χ2v) is 6.73. The number of hydrogen-bond acceptors (Lipinski definition) is 7. The highest BCUT2D eigenvalue weighted by Crippen LogP contribution is 2.38. The maximum absolute atomic E-state index is 14.9. The first-order valence-electron chi connectivity index (χ1n) is 9.12. The van der Waals surface area contributed by atoms with Gasteiger partial charge in [-0.3, -0.25) is 4.79 Å². The van der Waals surface area contributed by atoms with Crippen molar-refractivity contribution in [3.63, 3.8) is 0 Å². The van der Waals surface area contributed by atoms with E-state index in [1.54, 1.807) is 11.5 Å². The molecule has 0 radical (unpaired) electrons. The second kappa shape index (κ2) is 7.17. The molecule has 0 unspecified atom stereocenters. The Hall–Kier alpha value is -3.89. The summed E-state index contributed by atoms with van der Waals surface area (Å²) in [6, 6.07) is 2.38. The lowest BCUT2D eigenvalue weighted by Crippen LogP contribution is -2.17. The Kier molecular flexibility index (Phi) is 4.65. The maximum Gasteiger partial charge on any atom is 0.511 e. The van der Waals surface area contributed by atoms with Crippen molar-refractivity contribution >= 4 is 28.8 Å². The Morgan fingerprint density at radius 3 is 2.73 bits per heavy atom. The molecule has 1 aromatic carbocycles. The Labute approximate surface area is 168 Å². The zero-order chi connectivity index (χ0) is 21.6. The number of fused-ring (bicyclic) bond motifs is 1. The predicted molar refractivity (Wildman–Crippen MR) is 103 cm³/mol. The molecule has 1 aliphatic carbocycles. The molecule has 1 saturated carbocycles. The van der Waals surface area contributed by atoms with E-state index in [2.05, 4.69) is 9.84 Å². The van der Waals surface area contributed by atoms with Crippen LogP contribution in [0.15, 0.2) is 29.3 Å². The topological polar surface area (TPSA) is 139 Å². The SMILES string of the molecule is CCOC(=O)c1cnn(-c2cc3c(cc2F)c(=O)c(OC(=O)O)cn3C2CC2)c1N. The number of benzene rings is 1. The van der Waals surface area contributed by atoms with Crippen LogP contribution in [0.4, 0.5) is 15.0 Å². The van der Waals surface area contributed by atoms with E-state index in [1.807, 2.05) is 0 Å². The number of hydrogen-bond donors (Lipinski definition) is 2. The lowest BCUT2D eigenvalue weighted by molar-refractivity contribution is 0.0527. The van der Waals surface area contributed by atoms with Gasteiger partial charge in [0, 0.05) is 6.04 Å². The zero-order valence-electron chi connectivity index (χ0n) is 15.8. The van der Waals surface area contributed by atoms with Crippen LogP contribution in [0.5, 0.6) is 5.75 Å². The van der Waals surface area contributed by atoms with E-state index in [1.165, 1.54) is 18.5 Å². The molecule has 0 amide bonds. The molecule has 2 aromatic heterocycles. The van der Waals surface area contributed by atoms with Crippen molar-refractivity contribution in [1.29, 1.82) is 0 Å². The quantitative estimate of drug-likeness (QED) is 0.605. The number of rotatable bonds is 5. The number of carbonyl (C=O) groups is 2. The number of anilines is 1. The summed E-state index contributed by atoms with van der Waals surface area (Å²) in [5.41, 5.74) is 5.50. The molecular weight excluding hydrogens is 399 g/mol. The van der Waals surface area contributed by atoms with E-state index in [4.69, 9.17) is 15.6 Å². The summed E-state index contributed by atoms with van der Waals surface area (Å²) in [6.45, 7) is 1.78. The van der Waals surface area contributed by atoms with Crippen LogP contribution in [0.25, 0.3) is 16.6 Å². The summed E-state index contributed by atoms with van der Waals surface area (Å²) in [4.78, 5) is 35.5. The van der Waals surface area contributed by atoms with Crippen LogP contribution in [0, 0.1) is 5.82 Å². The molecule has 0 saturated heterocycles. The summed E-state index contributed by atoms with van der Waals surface area (Å²) >= 11 is 0. The van der Waals surface area contributed by atoms with Crippen LogP contribution < -0.4 is 15.9 Å². The van der Waals surface area contributed by atoms with Crippen LogP contribution in [-0.2, 0) is 4.74 Å². The van der Waals surface area contributed by atoms with Crippen LogP contribution in [-0.4, -0.2) is 38.2 Å². The van der Waals surface area contributed by atoms with Gasteiger partial charge in [0.1, 0.15) is 22.9 Å². The first-order chi connectivity index (χ1) is 14.3. The maximum atomic E-state index is 14.9. The van der Waals surface area contributed by atoms with E-state index in [0.29, 0.717) is 5.52 Å². The first kappa shape index (κ1) is 19.4. The first-order valence-corrected chi connectivity index (χ1v) is 9.12. The Balaban J connectivity index is 1.91. The van der Waals surface area contributed by atoms with Crippen molar-refractivity contribution < 1.29 is 28.6 Å². The molecule has 0 aliphatic heterocycles. The molecule has 1 fully saturated rings. The van der Waals surface area contributed by atoms with Gasteiger partial charge in [-0.1, -0.05) is 0 Å². The van der Waals surface area contributed by atoms with Crippen molar-refractivity contribution in [2.45, 2.75) is 25.8 Å². The van der Waals surface area contributed by atoms with E-state index in [9.17, 15) is 18.8 Å². The van der Waals surface area contributed by atoms with Crippen LogP contribution in [0.3, 0.4) is 0 Å². The number of aromatic nitrogens is 3. The Bertz CT molecular complexity index is 1240. The molecule has 30 heavy (non-hydrogen) atoms. The van der Waals surface area contributed by atoms with Gasteiger partial charge in [-0.05, 0) is 31.9 Å². The summed E-state index contributed by atoms with van der Waals surface area (Å²) in [5, 5.41) is 12.8. The number of carboxylic acid groups (broad SMARTS) is 1. The molecule has 4 rings (SSSR count). The Morgan fingerprint density at radius 2 is 2.10 bits per heavy atom. The largest absolute Gasteiger partial charge is 0.511 e. The molecule has 0 bridgehead atoms. The molecule has 156 valence electrons. The minimum atomic E-state index is -1.64. The summed E-state index contributed by atoms with van der Waals surface area (Å²) in [7, 11) is 0. The summed E-state index contributed by atoms with van der Waals surface area (Å²) < 4.78 is 27.1. The van der Waals surface area contributed by atoms with Gasteiger partial charge in [0.2, 0.25) is 5.43 Å². The third-order valence-electron chi connectivity index (χ3n) is 4.74. The van der Waals surface area contributed by atoms with Crippen molar-refractivity contribution in [3.05, 3.63) is 46.1 Å². The van der Waals surface area contributed by atoms with Gasteiger partial charge >= 0.3 is 12.1 Å². The molecular formula is C19H17FN4O6. The van der Waals surface area contributed by atoms with Crippen LogP contribution >= 0.6 is 0 Å². The average molecular weight is 416 g/mol. The summed E-state index contributed by atoms with van der Waals surface area (Å²) in [6.07, 6.45) is 2.47. The third kappa shape index (κ3) is 3.23. The number of pyridine rings is 1. The molecule has 1 aliphatic rings. The minimum absolute atomic E-state index is 0.0128. The molecule has 2 heterocycles. The molecule has 0 spiro atoms. The fourth-order valence-corrected chi connectivity index (χ4v) is 3.23. The number of ether oxygens (including phenoxy) is 2. The summed E-state index contributed by atoms with van der Waals surface area (Å²) in [5.74, 6) is -2.04. The number of nitrogens with two attached hydrogens (primary N) is 1. The third-order valence-corrected chi connectivity index (χ3v) is 4.74.